The molecule has 0 aliphatic carbocycles. The quantitative estimate of drug-likeness (QED) is 0.648. The lowest BCUT2D eigenvalue weighted by atomic mass is 10.1. The van der Waals surface area contributed by atoms with Gasteiger partial charge in [0.25, 0.3) is 5.91 Å². The van der Waals surface area contributed by atoms with Crippen molar-refractivity contribution in [1.82, 2.24) is 9.62 Å². The standard InChI is InChI=1S/C22H21N3O5S/c26-22-17-3-1-2-4-18(17)23-21(24-22)20-10-9-19(30-20)15-5-7-16(8-6-15)31(27,28)25-11-13-29-14-12-25/h1-10,21,23H,11-14H2,(H,24,26)/t21-/m1/s1. The second kappa shape index (κ2) is 7.84. The highest BCUT2D eigenvalue weighted by atomic mass is 32.2. The van der Waals surface area contributed by atoms with Gasteiger partial charge < -0.3 is 19.8 Å². The van der Waals surface area contributed by atoms with Gasteiger partial charge in [-0.05, 0) is 48.5 Å². The summed E-state index contributed by atoms with van der Waals surface area (Å²) in [5.74, 6) is 0.970. The van der Waals surface area contributed by atoms with E-state index in [1.165, 1.54) is 4.31 Å². The van der Waals surface area contributed by atoms with Crippen LogP contribution in [0.25, 0.3) is 11.3 Å². The summed E-state index contributed by atoms with van der Waals surface area (Å²) in [6.45, 7) is 1.52. The molecule has 31 heavy (non-hydrogen) atoms. The molecule has 0 radical (unpaired) electrons. The van der Waals surface area contributed by atoms with Crippen molar-refractivity contribution in [2.75, 3.05) is 31.6 Å². The van der Waals surface area contributed by atoms with Crippen LogP contribution < -0.4 is 10.6 Å². The smallest absolute Gasteiger partial charge is 0.255 e. The molecule has 8 nitrogen and oxygen atoms in total. The second-order valence-corrected chi connectivity index (χ2v) is 9.28. The van der Waals surface area contributed by atoms with E-state index in [1.54, 1.807) is 42.5 Å². The van der Waals surface area contributed by atoms with Crippen LogP contribution in [-0.4, -0.2) is 44.9 Å². The molecule has 160 valence electrons. The van der Waals surface area contributed by atoms with Crippen molar-refractivity contribution < 1.29 is 22.4 Å². The van der Waals surface area contributed by atoms with Gasteiger partial charge in [0.1, 0.15) is 11.5 Å². The highest BCUT2D eigenvalue weighted by Crippen LogP contribution is 2.31. The molecule has 5 rings (SSSR count). The van der Waals surface area contributed by atoms with Crippen molar-refractivity contribution in [3.8, 4) is 11.3 Å². The van der Waals surface area contributed by atoms with Gasteiger partial charge in [-0.2, -0.15) is 4.31 Å². The number of nitrogens with one attached hydrogen (secondary N) is 2. The Balaban J connectivity index is 1.35. The molecule has 2 N–H and O–H groups in total. The Morgan fingerprint density at radius 2 is 1.65 bits per heavy atom. The molecule has 3 aromatic rings. The number of morpholine rings is 1. The molecule has 0 unspecified atom stereocenters. The molecule has 1 atom stereocenters. The molecular formula is C22H21N3O5S. The molecule has 9 heteroatoms. The highest BCUT2D eigenvalue weighted by Gasteiger charge is 2.28. The van der Waals surface area contributed by atoms with Gasteiger partial charge in [0.15, 0.2) is 6.17 Å². The lowest BCUT2D eigenvalue weighted by Crippen LogP contribution is -2.40. The number of hydrogen-bond donors (Lipinski definition) is 2. The largest absolute Gasteiger partial charge is 0.457 e. The lowest BCUT2D eigenvalue weighted by molar-refractivity contribution is 0.0730. The molecule has 2 aromatic carbocycles. The summed E-state index contributed by atoms with van der Waals surface area (Å²) in [6, 6.07) is 17.5. The molecule has 0 saturated carbocycles. The number of fused-ring (bicyclic) bond motifs is 1. The van der Waals surface area contributed by atoms with Crippen molar-refractivity contribution in [2.24, 2.45) is 0 Å². The zero-order chi connectivity index (χ0) is 21.4. The summed E-state index contributed by atoms with van der Waals surface area (Å²) in [5, 5.41) is 6.13. The first kappa shape index (κ1) is 19.8. The van der Waals surface area contributed by atoms with Gasteiger partial charge in [-0.15, -0.1) is 0 Å². The molecule has 3 heterocycles. The summed E-state index contributed by atoms with van der Waals surface area (Å²) >= 11 is 0. The Kier molecular flexibility index (Phi) is 5.01. The van der Waals surface area contributed by atoms with Crippen molar-refractivity contribution in [3.63, 3.8) is 0 Å². The minimum absolute atomic E-state index is 0.171. The maximum atomic E-state index is 12.8. The molecule has 0 bridgehead atoms. The van der Waals surface area contributed by atoms with Gasteiger partial charge in [0, 0.05) is 24.3 Å². The number of benzene rings is 2. The number of sulfonamides is 1. The van der Waals surface area contributed by atoms with E-state index in [1.807, 2.05) is 18.2 Å². The topological polar surface area (TPSA) is 101 Å². The van der Waals surface area contributed by atoms with E-state index in [0.717, 1.165) is 11.3 Å². The molecule has 0 spiro atoms. The normalized spacial score (nSPS) is 19.4. The summed E-state index contributed by atoms with van der Waals surface area (Å²) in [7, 11) is -3.54. The van der Waals surface area contributed by atoms with Crippen molar-refractivity contribution in [3.05, 3.63) is 72.0 Å². The average molecular weight is 439 g/mol. The fourth-order valence-corrected chi connectivity index (χ4v) is 5.15. The first-order valence-corrected chi connectivity index (χ1v) is 11.4. The Morgan fingerprint density at radius 3 is 2.42 bits per heavy atom. The second-order valence-electron chi connectivity index (χ2n) is 7.34. The van der Waals surface area contributed by atoms with E-state index in [-0.39, 0.29) is 10.8 Å². The van der Waals surface area contributed by atoms with E-state index in [4.69, 9.17) is 9.15 Å². The van der Waals surface area contributed by atoms with Gasteiger partial charge in [-0.25, -0.2) is 8.42 Å². The minimum atomic E-state index is -3.54. The Bertz CT molecular complexity index is 1210. The van der Waals surface area contributed by atoms with Crippen LogP contribution in [0.4, 0.5) is 5.69 Å². The maximum Gasteiger partial charge on any atom is 0.255 e. The van der Waals surface area contributed by atoms with Gasteiger partial charge in [-0.3, -0.25) is 4.79 Å². The number of carbonyl (C=O) groups is 1. The van der Waals surface area contributed by atoms with Gasteiger partial charge in [0.2, 0.25) is 10.0 Å². The summed E-state index contributed by atoms with van der Waals surface area (Å²) in [5.41, 5.74) is 2.07. The van der Waals surface area contributed by atoms with E-state index >= 15 is 0 Å². The fraction of sp³-hybridized carbons (Fsp3) is 0.227. The molecule has 2 aliphatic heterocycles. The van der Waals surface area contributed by atoms with Crippen LogP contribution >= 0.6 is 0 Å². The van der Waals surface area contributed by atoms with E-state index in [2.05, 4.69) is 10.6 Å². The van der Waals surface area contributed by atoms with Crippen molar-refractivity contribution in [2.45, 2.75) is 11.1 Å². The van der Waals surface area contributed by atoms with Gasteiger partial charge in [0.05, 0.1) is 23.7 Å². The Hall–Kier alpha value is -3.14. The van der Waals surface area contributed by atoms with E-state index in [9.17, 15) is 13.2 Å². The molecule has 2 aliphatic rings. The van der Waals surface area contributed by atoms with Crippen LogP contribution in [0.2, 0.25) is 0 Å². The first-order valence-electron chi connectivity index (χ1n) is 9.97. The number of para-hydroxylation sites is 1. The Labute approximate surface area is 179 Å². The van der Waals surface area contributed by atoms with Crippen molar-refractivity contribution >= 4 is 21.6 Å². The summed E-state index contributed by atoms with van der Waals surface area (Å²) in [4.78, 5) is 12.6. The third-order valence-corrected chi connectivity index (χ3v) is 7.32. The predicted molar refractivity (Wildman–Crippen MR) is 114 cm³/mol. The zero-order valence-electron chi connectivity index (χ0n) is 16.6. The third-order valence-electron chi connectivity index (χ3n) is 5.40. The number of carbonyl (C=O) groups excluding carboxylic acids is 1. The molecule has 1 aromatic heterocycles. The first-order chi connectivity index (χ1) is 15.0. The minimum Gasteiger partial charge on any atom is -0.457 e. The molecule has 1 fully saturated rings. The van der Waals surface area contributed by atoms with Crippen LogP contribution in [-0.2, 0) is 14.8 Å². The molecule has 1 amide bonds. The van der Waals surface area contributed by atoms with Crippen LogP contribution in [0.3, 0.4) is 0 Å². The van der Waals surface area contributed by atoms with Gasteiger partial charge >= 0.3 is 0 Å². The zero-order valence-corrected chi connectivity index (χ0v) is 17.4. The average Bonchev–Trinajstić information content (AvgIpc) is 3.30. The summed E-state index contributed by atoms with van der Waals surface area (Å²) < 4.78 is 38.2. The number of hydrogen-bond acceptors (Lipinski definition) is 6. The van der Waals surface area contributed by atoms with Crippen LogP contribution in [0.15, 0.2) is 70.0 Å². The third kappa shape index (κ3) is 3.71. The van der Waals surface area contributed by atoms with E-state index < -0.39 is 16.2 Å². The van der Waals surface area contributed by atoms with E-state index in [0.29, 0.717) is 43.4 Å². The van der Waals surface area contributed by atoms with Crippen LogP contribution in [0.5, 0.6) is 0 Å². The number of rotatable bonds is 4. The van der Waals surface area contributed by atoms with Crippen molar-refractivity contribution in [1.29, 1.82) is 0 Å². The lowest BCUT2D eigenvalue weighted by Gasteiger charge is -2.26. The maximum absolute atomic E-state index is 12.8. The molecule has 1 saturated heterocycles. The Morgan fingerprint density at radius 1 is 0.903 bits per heavy atom. The fourth-order valence-electron chi connectivity index (χ4n) is 3.74. The number of anilines is 1. The molecular weight excluding hydrogens is 418 g/mol. The SMILES string of the molecule is O=C1N[C@H](c2ccc(-c3ccc(S(=O)(=O)N4CCOCC4)cc3)o2)Nc2ccccc21. The number of amides is 1. The number of ether oxygens (including phenoxy) is 1. The van der Waals surface area contributed by atoms with Crippen LogP contribution in [0, 0.1) is 0 Å². The summed E-state index contributed by atoms with van der Waals surface area (Å²) in [6.07, 6.45) is -0.489. The highest BCUT2D eigenvalue weighted by molar-refractivity contribution is 7.89. The van der Waals surface area contributed by atoms with Gasteiger partial charge in [-0.1, -0.05) is 12.1 Å². The predicted octanol–water partition coefficient (Wildman–Crippen LogP) is 2.82. The number of nitrogens with zero attached hydrogens (tertiary/aromatic N) is 1. The van der Waals surface area contributed by atoms with Crippen LogP contribution in [0.1, 0.15) is 22.3 Å². The monoisotopic (exact) mass is 439 g/mol. The number of furan rings is 1.